The molecule has 34 heavy (non-hydrogen) atoms. The van der Waals surface area contributed by atoms with Gasteiger partial charge in [0.05, 0.1) is 4.92 Å². The molecule has 3 aromatic carbocycles. The molecule has 3 rings (SSSR count). The number of carbonyl (C=O) groups is 1. The van der Waals surface area contributed by atoms with Crippen molar-refractivity contribution in [2.75, 3.05) is 30.8 Å². The maximum atomic E-state index is 12.6. The van der Waals surface area contributed by atoms with E-state index in [0.717, 1.165) is 19.5 Å². The third-order valence-electron chi connectivity index (χ3n) is 5.62. The molecule has 0 bridgehead atoms. The molecule has 1 amide bonds. The highest BCUT2D eigenvalue weighted by Gasteiger charge is 2.18. The van der Waals surface area contributed by atoms with Gasteiger partial charge >= 0.3 is 0 Å². The fraction of sp³-hybridized carbons (Fsp3) is 0.296. The fourth-order valence-electron chi connectivity index (χ4n) is 3.67. The molecule has 2 N–H and O–H groups in total. The topological polar surface area (TPSA) is 87.5 Å². The lowest BCUT2D eigenvalue weighted by Crippen LogP contribution is -2.21. The van der Waals surface area contributed by atoms with Crippen LogP contribution in [0, 0.1) is 10.1 Å². The number of hydrogen-bond acceptors (Lipinski definition) is 5. The molecule has 0 atom stereocenters. The summed E-state index contributed by atoms with van der Waals surface area (Å²) in [6.07, 6.45) is 0.828. The largest absolute Gasteiger partial charge is 0.379 e. The summed E-state index contributed by atoms with van der Waals surface area (Å²) in [6, 6.07) is 22.4. The lowest BCUT2D eigenvalue weighted by molar-refractivity contribution is -0.384. The van der Waals surface area contributed by atoms with E-state index < -0.39 is 4.92 Å². The zero-order valence-electron chi connectivity index (χ0n) is 20.0. The minimum atomic E-state index is -0.460. The van der Waals surface area contributed by atoms with Crippen molar-refractivity contribution in [3.8, 4) is 0 Å². The Hall–Kier alpha value is -3.71. The van der Waals surface area contributed by atoms with Crippen molar-refractivity contribution in [1.82, 2.24) is 4.90 Å². The molecule has 0 heterocycles. The van der Waals surface area contributed by atoms with E-state index in [-0.39, 0.29) is 17.2 Å². The molecular weight excluding hydrogens is 428 g/mol. The number of benzene rings is 3. The Labute approximate surface area is 201 Å². The van der Waals surface area contributed by atoms with Crippen molar-refractivity contribution in [2.45, 2.75) is 32.7 Å². The van der Waals surface area contributed by atoms with Gasteiger partial charge in [-0.1, -0.05) is 56.3 Å². The highest BCUT2D eigenvalue weighted by Crippen LogP contribution is 2.26. The Bertz CT molecular complexity index is 1100. The van der Waals surface area contributed by atoms with E-state index in [1.807, 2.05) is 42.5 Å². The molecular formula is C27H32N4O3. The van der Waals surface area contributed by atoms with Crippen molar-refractivity contribution in [2.24, 2.45) is 0 Å². The molecule has 0 aliphatic carbocycles. The van der Waals surface area contributed by atoms with E-state index in [9.17, 15) is 14.9 Å². The van der Waals surface area contributed by atoms with Crippen LogP contribution in [-0.2, 0) is 6.54 Å². The third-order valence-corrected chi connectivity index (χ3v) is 5.62. The molecule has 0 unspecified atom stereocenters. The minimum absolute atomic E-state index is 0.111. The quantitative estimate of drug-likeness (QED) is 0.211. The van der Waals surface area contributed by atoms with Gasteiger partial charge < -0.3 is 15.5 Å². The van der Waals surface area contributed by atoms with Crippen molar-refractivity contribution < 1.29 is 9.72 Å². The molecule has 0 fully saturated rings. The molecule has 3 aromatic rings. The van der Waals surface area contributed by atoms with E-state index in [0.29, 0.717) is 23.8 Å². The Morgan fingerprint density at radius 1 is 1.03 bits per heavy atom. The smallest absolute Gasteiger partial charge is 0.293 e. The Kier molecular flexibility index (Phi) is 8.76. The van der Waals surface area contributed by atoms with E-state index in [1.165, 1.54) is 17.2 Å². The van der Waals surface area contributed by atoms with Gasteiger partial charge in [-0.3, -0.25) is 14.9 Å². The number of hydrogen-bond donors (Lipinski definition) is 2. The number of nitro benzene ring substituents is 1. The van der Waals surface area contributed by atoms with Crippen LogP contribution in [0.3, 0.4) is 0 Å². The standard InChI is InChI=1S/C27H32N4O3/c1-20(2)22-10-13-24(14-11-22)29-27(32)23-12-15-25(26(18-23)31(33)34)28-16-7-17-30(3)19-21-8-5-4-6-9-21/h4-6,8-15,18,20,28H,7,16-17,19H2,1-3H3,(H,29,32). The van der Waals surface area contributed by atoms with E-state index >= 15 is 0 Å². The lowest BCUT2D eigenvalue weighted by Gasteiger charge is -2.17. The van der Waals surface area contributed by atoms with Crippen LogP contribution in [0.4, 0.5) is 17.1 Å². The monoisotopic (exact) mass is 460 g/mol. The normalized spacial score (nSPS) is 11.0. The molecule has 0 aliphatic heterocycles. The number of amides is 1. The van der Waals surface area contributed by atoms with Gasteiger partial charge in [-0.05, 0) is 61.3 Å². The molecule has 7 heteroatoms. The molecule has 0 aliphatic rings. The maximum absolute atomic E-state index is 12.6. The highest BCUT2D eigenvalue weighted by atomic mass is 16.6. The number of rotatable bonds is 11. The molecule has 0 aromatic heterocycles. The Morgan fingerprint density at radius 3 is 2.38 bits per heavy atom. The second-order valence-electron chi connectivity index (χ2n) is 8.72. The maximum Gasteiger partial charge on any atom is 0.293 e. The number of nitrogens with zero attached hydrogens (tertiary/aromatic N) is 2. The molecule has 0 radical (unpaired) electrons. The van der Waals surface area contributed by atoms with Crippen LogP contribution < -0.4 is 10.6 Å². The van der Waals surface area contributed by atoms with Gasteiger partial charge in [0.25, 0.3) is 11.6 Å². The zero-order valence-corrected chi connectivity index (χ0v) is 20.0. The van der Waals surface area contributed by atoms with Gasteiger partial charge in [-0.2, -0.15) is 0 Å². The molecule has 0 saturated heterocycles. The van der Waals surface area contributed by atoms with E-state index in [4.69, 9.17) is 0 Å². The van der Waals surface area contributed by atoms with Crippen molar-refractivity contribution in [3.05, 3.63) is 99.6 Å². The van der Waals surface area contributed by atoms with Gasteiger partial charge in [0.1, 0.15) is 5.69 Å². The average molecular weight is 461 g/mol. The summed E-state index contributed by atoms with van der Waals surface area (Å²) < 4.78 is 0. The second kappa shape index (κ2) is 12.0. The molecule has 0 saturated carbocycles. The second-order valence-corrected chi connectivity index (χ2v) is 8.72. The average Bonchev–Trinajstić information content (AvgIpc) is 2.82. The van der Waals surface area contributed by atoms with Gasteiger partial charge in [0.2, 0.25) is 0 Å². The number of nitro groups is 1. The lowest BCUT2D eigenvalue weighted by atomic mass is 10.0. The predicted molar refractivity (Wildman–Crippen MR) is 137 cm³/mol. The summed E-state index contributed by atoms with van der Waals surface area (Å²) in [5.41, 5.74) is 3.62. The van der Waals surface area contributed by atoms with Crippen LogP contribution in [0.1, 0.15) is 47.7 Å². The molecule has 178 valence electrons. The summed E-state index contributed by atoms with van der Waals surface area (Å²) in [5, 5.41) is 17.6. The van der Waals surface area contributed by atoms with Crippen LogP contribution in [0.2, 0.25) is 0 Å². The highest BCUT2D eigenvalue weighted by molar-refractivity contribution is 6.05. The first kappa shape index (κ1) is 24.9. The summed E-state index contributed by atoms with van der Waals surface area (Å²) in [6.45, 7) is 6.50. The van der Waals surface area contributed by atoms with Gasteiger partial charge in [0.15, 0.2) is 0 Å². The first-order valence-electron chi connectivity index (χ1n) is 11.5. The Balaban J connectivity index is 1.56. The molecule has 7 nitrogen and oxygen atoms in total. The molecule has 0 spiro atoms. The van der Waals surface area contributed by atoms with Crippen LogP contribution >= 0.6 is 0 Å². The van der Waals surface area contributed by atoms with Crippen LogP contribution in [-0.4, -0.2) is 35.9 Å². The van der Waals surface area contributed by atoms with Crippen LogP contribution in [0.25, 0.3) is 0 Å². The van der Waals surface area contributed by atoms with Crippen molar-refractivity contribution in [1.29, 1.82) is 0 Å². The van der Waals surface area contributed by atoms with Gasteiger partial charge in [0, 0.05) is 30.4 Å². The summed E-state index contributed by atoms with van der Waals surface area (Å²) in [4.78, 5) is 26.0. The SMILES string of the molecule is CC(C)c1ccc(NC(=O)c2ccc(NCCCN(C)Cc3ccccc3)c([N+](=O)[O-])c2)cc1. The van der Waals surface area contributed by atoms with Crippen LogP contribution in [0.5, 0.6) is 0 Å². The minimum Gasteiger partial charge on any atom is -0.379 e. The number of carbonyl (C=O) groups excluding carboxylic acids is 1. The van der Waals surface area contributed by atoms with E-state index in [2.05, 4.69) is 48.6 Å². The first-order valence-corrected chi connectivity index (χ1v) is 11.5. The Morgan fingerprint density at radius 2 is 1.74 bits per heavy atom. The zero-order chi connectivity index (χ0) is 24.5. The summed E-state index contributed by atoms with van der Waals surface area (Å²) in [5.74, 6) is 0.0196. The van der Waals surface area contributed by atoms with E-state index in [1.54, 1.807) is 12.1 Å². The third kappa shape index (κ3) is 7.15. The summed E-state index contributed by atoms with van der Waals surface area (Å²) in [7, 11) is 2.05. The predicted octanol–water partition coefficient (Wildman–Crippen LogP) is 5.90. The van der Waals surface area contributed by atoms with Crippen LogP contribution in [0.15, 0.2) is 72.8 Å². The first-order chi connectivity index (χ1) is 16.3. The summed E-state index contributed by atoms with van der Waals surface area (Å²) >= 11 is 0. The van der Waals surface area contributed by atoms with Gasteiger partial charge in [-0.15, -0.1) is 0 Å². The van der Waals surface area contributed by atoms with Crippen molar-refractivity contribution >= 4 is 23.0 Å². The van der Waals surface area contributed by atoms with Crippen molar-refractivity contribution in [3.63, 3.8) is 0 Å². The fourth-order valence-corrected chi connectivity index (χ4v) is 3.67. The number of nitrogens with one attached hydrogen (secondary N) is 2. The van der Waals surface area contributed by atoms with Gasteiger partial charge in [-0.25, -0.2) is 0 Å². The number of anilines is 2.